The Morgan fingerprint density at radius 2 is 1.67 bits per heavy atom. The van der Waals surface area contributed by atoms with E-state index < -0.39 is 5.91 Å². The fourth-order valence-corrected chi connectivity index (χ4v) is 2.58. The third-order valence-corrected chi connectivity index (χ3v) is 3.92. The Morgan fingerprint density at radius 1 is 1.08 bits per heavy atom. The Labute approximate surface area is 150 Å². The molecule has 126 valence electrons. The second-order valence-corrected chi connectivity index (χ2v) is 5.76. The number of hydrogen-bond donors (Lipinski definition) is 1. The van der Waals surface area contributed by atoms with Crippen molar-refractivity contribution < 1.29 is 14.3 Å². The standard InChI is InChI=1S/C17H16Cl2N2O3/c1-11(22)21(12-6-8-13(24-2)9-7-12)10-16(23)20-17-14(18)4-3-5-15(17)19/h3-9H,10H2,1-2H3,(H,20,23). The van der Waals surface area contributed by atoms with E-state index in [0.29, 0.717) is 27.2 Å². The van der Waals surface area contributed by atoms with Gasteiger partial charge in [-0.25, -0.2) is 0 Å². The van der Waals surface area contributed by atoms with Crippen LogP contribution in [0.15, 0.2) is 42.5 Å². The number of halogens is 2. The van der Waals surface area contributed by atoms with Crippen LogP contribution in [-0.4, -0.2) is 25.5 Å². The topological polar surface area (TPSA) is 58.6 Å². The van der Waals surface area contributed by atoms with Crippen LogP contribution in [0.1, 0.15) is 6.92 Å². The lowest BCUT2D eigenvalue weighted by molar-refractivity contribution is -0.120. The number of hydrogen-bond acceptors (Lipinski definition) is 3. The highest BCUT2D eigenvalue weighted by molar-refractivity contribution is 6.39. The number of carbonyl (C=O) groups excluding carboxylic acids is 2. The summed E-state index contributed by atoms with van der Waals surface area (Å²) in [5, 5.41) is 3.29. The zero-order valence-corrected chi connectivity index (χ0v) is 14.7. The molecule has 24 heavy (non-hydrogen) atoms. The summed E-state index contributed by atoms with van der Waals surface area (Å²) in [6.45, 7) is 1.23. The zero-order valence-electron chi connectivity index (χ0n) is 13.2. The third-order valence-electron chi connectivity index (χ3n) is 3.29. The molecule has 0 atom stereocenters. The van der Waals surface area contributed by atoms with E-state index in [1.165, 1.54) is 11.8 Å². The molecule has 1 N–H and O–H groups in total. The van der Waals surface area contributed by atoms with Crippen LogP contribution >= 0.6 is 23.2 Å². The van der Waals surface area contributed by atoms with Gasteiger partial charge in [-0.3, -0.25) is 9.59 Å². The van der Waals surface area contributed by atoms with E-state index in [0.717, 1.165) is 0 Å². The van der Waals surface area contributed by atoms with Crippen LogP contribution in [0.4, 0.5) is 11.4 Å². The molecule has 0 aromatic heterocycles. The van der Waals surface area contributed by atoms with Crippen LogP contribution in [0, 0.1) is 0 Å². The molecule has 2 aromatic rings. The molecule has 0 bridgehead atoms. The monoisotopic (exact) mass is 366 g/mol. The minimum absolute atomic E-state index is 0.163. The average molecular weight is 367 g/mol. The first-order valence-corrected chi connectivity index (χ1v) is 7.84. The summed E-state index contributed by atoms with van der Waals surface area (Å²) >= 11 is 12.1. The van der Waals surface area contributed by atoms with Crippen LogP contribution in [0.2, 0.25) is 10.0 Å². The Balaban J connectivity index is 2.15. The Kier molecular flexibility index (Phi) is 6.06. The maximum Gasteiger partial charge on any atom is 0.244 e. The first-order chi connectivity index (χ1) is 11.4. The van der Waals surface area contributed by atoms with Gasteiger partial charge in [0.15, 0.2) is 0 Å². The third kappa shape index (κ3) is 4.40. The summed E-state index contributed by atoms with van der Waals surface area (Å²) in [6.07, 6.45) is 0. The Hall–Kier alpha value is -2.24. The molecule has 2 amide bonds. The number of benzene rings is 2. The van der Waals surface area contributed by atoms with Gasteiger partial charge in [0.2, 0.25) is 11.8 Å². The number of methoxy groups -OCH3 is 1. The number of amides is 2. The summed E-state index contributed by atoms with van der Waals surface area (Å²) in [5.74, 6) is -0.00820. The molecular weight excluding hydrogens is 351 g/mol. The van der Waals surface area contributed by atoms with Gasteiger partial charge in [-0.15, -0.1) is 0 Å². The second-order valence-electron chi connectivity index (χ2n) is 4.95. The van der Waals surface area contributed by atoms with Gasteiger partial charge in [-0.2, -0.15) is 0 Å². The van der Waals surface area contributed by atoms with Gasteiger partial charge in [0.25, 0.3) is 0 Å². The minimum atomic E-state index is -0.406. The fourth-order valence-electron chi connectivity index (χ4n) is 2.09. The van der Waals surface area contributed by atoms with Crippen molar-refractivity contribution in [2.45, 2.75) is 6.92 Å². The number of anilines is 2. The predicted molar refractivity (Wildman–Crippen MR) is 96.1 cm³/mol. The maximum absolute atomic E-state index is 12.3. The van der Waals surface area contributed by atoms with Gasteiger partial charge in [-0.05, 0) is 36.4 Å². The van der Waals surface area contributed by atoms with Crippen molar-refractivity contribution in [3.8, 4) is 5.75 Å². The van der Waals surface area contributed by atoms with Gasteiger partial charge >= 0.3 is 0 Å². The SMILES string of the molecule is COc1ccc(N(CC(=O)Nc2c(Cl)cccc2Cl)C(C)=O)cc1. The van der Waals surface area contributed by atoms with Gasteiger partial charge in [-0.1, -0.05) is 29.3 Å². The molecule has 2 aromatic carbocycles. The van der Waals surface area contributed by atoms with Crippen molar-refractivity contribution in [1.82, 2.24) is 0 Å². The lowest BCUT2D eigenvalue weighted by Crippen LogP contribution is -2.36. The first kappa shape index (κ1) is 18.1. The molecule has 0 aliphatic heterocycles. The summed E-state index contributed by atoms with van der Waals surface area (Å²) in [4.78, 5) is 25.5. The number of nitrogens with zero attached hydrogens (tertiary/aromatic N) is 1. The molecule has 0 aliphatic carbocycles. The summed E-state index contributed by atoms with van der Waals surface area (Å²) < 4.78 is 5.08. The molecule has 5 nitrogen and oxygen atoms in total. The van der Waals surface area contributed by atoms with E-state index in [-0.39, 0.29) is 12.5 Å². The van der Waals surface area contributed by atoms with Crippen LogP contribution in [0.5, 0.6) is 5.75 Å². The smallest absolute Gasteiger partial charge is 0.244 e. The molecule has 0 saturated heterocycles. The molecular formula is C17H16Cl2N2O3. The molecule has 2 rings (SSSR count). The highest BCUT2D eigenvalue weighted by atomic mass is 35.5. The van der Waals surface area contributed by atoms with Crippen LogP contribution in [0.3, 0.4) is 0 Å². The summed E-state index contributed by atoms with van der Waals surface area (Å²) in [7, 11) is 1.55. The van der Waals surface area contributed by atoms with Crippen molar-refractivity contribution in [1.29, 1.82) is 0 Å². The van der Waals surface area contributed by atoms with Crippen molar-refractivity contribution in [2.75, 3.05) is 23.9 Å². The molecule has 0 radical (unpaired) electrons. The normalized spacial score (nSPS) is 10.2. The number of nitrogens with one attached hydrogen (secondary N) is 1. The highest BCUT2D eigenvalue weighted by Gasteiger charge is 2.17. The maximum atomic E-state index is 12.3. The van der Waals surface area contributed by atoms with Gasteiger partial charge < -0.3 is 15.0 Å². The highest BCUT2D eigenvalue weighted by Crippen LogP contribution is 2.29. The van der Waals surface area contributed by atoms with Crippen LogP contribution in [0.25, 0.3) is 0 Å². The van der Waals surface area contributed by atoms with Crippen molar-refractivity contribution >= 4 is 46.4 Å². The van der Waals surface area contributed by atoms with Gasteiger partial charge in [0.05, 0.1) is 22.8 Å². The molecule has 0 heterocycles. The van der Waals surface area contributed by atoms with Gasteiger partial charge in [0.1, 0.15) is 12.3 Å². The Bertz CT molecular complexity index is 728. The fraction of sp³-hybridized carbons (Fsp3) is 0.176. The number of rotatable bonds is 5. The first-order valence-electron chi connectivity index (χ1n) is 7.08. The van der Waals surface area contributed by atoms with Crippen LogP contribution in [-0.2, 0) is 9.59 Å². The summed E-state index contributed by atoms with van der Waals surface area (Å²) in [5.41, 5.74) is 0.910. The lowest BCUT2D eigenvalue weighted by Gasteiger charge is -2.21. The molecule has 7 heteroatoms. The van der Waals surface area contributed by atoms with Crippen LogP contribution < -0.4 is 15.0 Å². The van der Waals surface area contributed by atoms with Crippen molar-refractivity contribution in [2.24, 2.45) is 0 Å². The molecule has 0 spiro atoms. The predicted octanol–water partition coefficient (Wildman–Crippen LogP) is 3.99. The van der Waals surface area contributed by atoms with E-state index in [9.17, 15) is 9.59 Å². The van der Waals surface area contributed by atoms with Crippen molar-refractivity contribution in [3.63, 3.8) is 0 Å². The number of carbonyl (C=O) groups is 2. The molecule has 0 aliphatic rings. The second kappa shape index (κ2) is 8.04. The molecule has 0 unspecified atom stereocenters. The van der Waals surface area contributed by atoms with E-state index in [2.05, 4.69) is 5.32 Å². The van der Waals surface area contributed by atoms with Crippen molar-refractivity contribution in [3.05, 3.63) is 52.5 Å². The minimum Gasteiger partial charge on any atom is -0.497 e. The van der Waals surface area contributed by atoms with E-state index in [1.54, 1.807) is 49.6 Å². The van der Waals surface area contributed by atoms with E-state index >= 15 is 0 Å². The van der Waals surface area contributed by atoms with Gasteiger partial charge in [0, 0.05) is 12.6 Å². The molecule has 0 fully saturated rings. The largest absolute Gasteiger partial charge is 0.497 e. The van der Waals surface area contributed by atoms with E-state index in [4.69, 9.17) is 27.9 Å². The zero-order chi connectivity index (χ0) is 17.7. The van der Waals surface area contributed by atoms with E-state index in [1.807, 2.05) is 0 Å². The average Bonchev–Trinajstić information content (AvgIpc) is 2.56. The number of ether oxygens (including phenoxy) is 1. The molecule has 0 saturated carbocycles. The summed E-state index contributed by atoms with van der Waals surface area (Å²) in [6, 6.07) is 11.8. The lowest BCUT2D eigenvalue weighted by atomic mass is 10.2. The Morgan fingerprint density at radius 3 is 2.17 bits per heavy atom. The quantitative estimate of drug-likeness (QED) is 0.869. The number of para-hydroxylation sites is 1.